The molecule has 4 heteroatoms. The van der Waals surface area contributed by atoms with Gasteiger partial charge in [0.25, 0.3) is 0 Å². The molecule has 0 fully saturated rings. The first-order valence-corrected chi connectivity index (χ1v) is 7.55. The van der Waals surface area contributed by atoms with E-state index in [9.17, 15) is 5.11 Å². The summed E-state index contributed by atoms with van der Waals surface area (Å²) in [6, 6.07) is 9.17. The largest absolute Gasteiger partial charge is 0.457 e. The first-order chi connectivity index (χ1) is 9.93. The lowest BCUT2D eigenvalue weighted by Crippen LogP contribution is -1.97. The Labute approximate surface area is 135 Å². The number of halogens is 2. The van der Waals surface area contributed by atoms with E-state index in [1.54, 1.807) is 18.2 Å². The van der Waals surface area contributed by atoms with E-state index in [2.05, 4.69) is 13.8 Å². The molecule has 0 saturated heterocycles. The molecule has 2 rings (SSSR count). The Bertz CT molecular complexity index is 651. The van der Waals surface area contributed by atoms with Crippen LogP contribution in [0.3, 0.4) is 0 Å². The summed E-state index contributed by atoms with van der Waals surface area (Å²) < 4.78 is 5.95. The summed E-state index contributed by atoms with van der Waals surface area (Å²) in [6.07, 6.45) is 0. The molecule has 0 aliphatic rings. The summed E-state index contributed by atoms with van der Waals surface area (Å²) in [6.45, 7) is 5.94. The average molecular weight is 325 g/mol. The highest BCUT2D eigenvalue weighted by molar-refractivity contribution is 6.31. The molecule has 0 heterocycles. The van der Waals surface area contributed by atoms with Crippen LogP contribution in [0, 0.1) is 6.92 Å². The van der Waals surface area contributed by atoms with Crippen LogP contribution >= 0.6 is 23.2 Å². The van der Waals surface area contributed by atoms with Crippen LogP contribution in [0.15, 0.2) is 30.3 Å². The zero-order valence-electron chi connectivity index (χ0n) is 12.3. The van der Waals surface area contributed by atoms with Gasteiger partial charge in [-0.05, 0) is 48.2 Å². The van der Waals surface area contributed by atoms with Gasteiger partial charge in [0.15, 0.2) is 0 Å². The van der Waals surface area contributed by atoms with Crippen LogP contribution < -0.4 is 4.74 Å². The first-order valence-electron chi connectivity index (χ1n) is 6.80. The number of aliphatic hydroxyl groups is 1. The third-order valence-electron chi connectivity index (χ3n) is 3.37. The Hall–Kier alpha value is -1.22. The fourth-order valence-electron chi connectivity index (χ4n) is 2.13. The Kier molecular flexibility index (Phi) is 5.15. The molecule has 0 aliphatic carbocycles. The van der Waals surface area contributed by atoms with Crippen molar-refractivity contribution in [2.45, 2.75) is 33.3 Å². The Balaban J connectivity index is 2.45. The standard InChI is InChI=1S/C17H18Cl2O2/c1-10(2)12-8-17(11(3)7-15(12)19)21-16-6-4-5-14(18)13(16)9-20/h4-8,10,20H,9H2,1-3H3. The molecular weight excluding hydrogens is 307 g/mol. The average Bonchev–Trinajstić information content (AvgIpc) is 2.41. The van der Waals surface area contributed by atoms with E-state index in [0.29, 0.717) is 22.3 Å². The molecule has 0 bridgehead atoms. The first kappa shape index (κ1) is 16.2. The van der Waals surface area contributed by atoms with Gasteiger partial charge in [0, 0.05) is 15.6 Å². The number of benzene rings is 2. The number of rotatable bonds is 4. The summed E-state index contributed by atoms with van der Waals surface area (Å²) in [5.74, 6) is 1.59. The van der Waals surface area contributed by atoms with Gasteiger partial charge in [-0.15, -0.1) is 0 Å². The second-order valence-corrected chi connectivity index (χ2v) is 6.09. The second kappa shape index (κ2) is 6.69. The summed E-state index contributed by atoms with van der Waals surface area (Å²) in [5.41, 5.74) is 2.55. The van der Waals surface area contributed by atoms with E-state index in [1.165, 1.54) is 0 Å². The molecule has 0 aromatic heterocycles. The molecule has 0 saturated carbocycles. The van der Waals surface area contributed by atoms with Crippen molar-refractivity contribution in [3.05, 3.63) is 57.1 Å². The minimum absolute atomic E-state index is 0.168. The second-order valence-electron chi connectivity index (χ2n) is 5.27. The molecule has 21 heavy (non-hydrogen) atoms. The maximum absolute atomic E-state index is 9.45. The predicted octanol–water partition coefficient (Wildman–Crippen LogP) is 5.71. The maximum Gasteiger partial charge on any atom is 0.134 e. The van der Waals surface area contributed by atoms with Gasteiger partial charge in [0.2, 0.25) is 0 Å². The summed E-state index contributed by atoms with van der Waals surface area (Å²) in [4.78, 5) is 0. The van der Waals surface area contributed by atoms with Crippen LogP contribution in [0.5, 0.6) is 11.5 Å². The van der Waals surface area contributed by atoms with Crippen LogP contribution in [0.25, 0.3) is 0 Å². The zero-order chi connectivity index (χ0) is 15.6. The molecular formula is C17H18Cl2O2. The molecule has 2 aromatic rings. The molecule has 2 aromatic carbocycles. The van der Waals surface area contributed by atoms with Crippen molar-refractivity contribution in [3.63, 3.8) is 0 Å². The van der Waals surface area contributed by atoms with E-state index in [1.807, 2.05) is 19.1 Å². The fourth-order valence-corrected chi connectivity index (χ4v) is 2.79. The summed E-state index contributed by atoms with van der Waals surface area (Å²) in [5, 5.41) is 10.7. The van der Waals surface area contributed by atoms with Crippen molar-refractivity contribution in [2.75, 3.05) is 0 Å². The Morgan fingerprint density at radius 1 is 1.10 bits per heavy atom. The SMILES string of the molecule is Cc1cc(Cl)c(C(C)C)cc1Oc1cccc(Cl)c1CO. The molecule has 0 unspecified atom stereocenters. The normalized spacial score (nSPS) is 11.0. The van der Waals surface area contributed by atoms with E-state index in [4.69, 9.17) is 27.9 Å². The van der Waals surface area contributed by atoms with Crippen molar-refractivity contribution in [2.24, 2.45) is 0 Å². The minimum atomic E-state index is -0.168. The number of hydrogen-bond acceptors (Lipinski definition) is 2. The van der Waals surface area contributed by atoms with Crippen molar-refractivity contribution in [1.82, 2.24) is 0 Å². The predicted molar refractivity (Wildman–Crippen MR) is 87.7 cm³/mol. The van der Waals surface area contributed by atoms with Crippen molar-refractivity contribution >= 4 is 23.2 Å². The smallest absolute Gasteiger partial charge is 0.134 e. The van der Waals surface area contributed by atoms with Gasteiger partial charge in [0.1, 0.15) is 11.5 Å². The number of aryl methyl sites for hydroxylation is 1. The summed E-state index contributed by atoms with van der Waals surface area (Å²) in [7, 11) is 0. The lowest BCUT2D eigenvalue weighted by molar-refractivity contribution is 0.276. The van der Waals surface area contributed by atoms with Gasteiger partial charge in [-0.3, -0.25) is 0 Å². The van der Waals surface area contributed by atoms with Crippen LogP contribution in [0.1, 0.15) is 36.5 Å². The van der Waals surface area contributed by atoms with Gasteiger partial charge in [-0.2, -0.15) is 0 Å². The van der Waals surface area contributed by atoms with Crippen molar-refractivity contribution < 1.29 is 9.84 Å². The molecule has 1 N–H and O–H groups in total. The van der Waals surface area contributed by atoms with Crippen LogP contribution in [-0.2, 0) is 6.61 Å². The molecule has 2 nitrogen and oxygen atoms in total. The third-order valence-corrected chi connectivity index (χ3v) is 4.05. The molecule has 0 aliphatic heterocycles. The number of ether oxygens (including phenoxy) is 1. The van der Waals surface area contributed by atoms with Crippen LogP contribution in [-0.4, -0.2) is 5.11 Å². The van der Waals surface area contributed by atoms with Gasteiger partial charge in [-0.1, -0.05) is 43.1 Å². The number of aliphatic hydroxyl groups excluding tert-OH is 1. The van der Waals surface area contributed by atoms with Gasteiger partial charge >= 0.3 is 0 Å². The van der Waals surface area contributed by atoms with Gasteiger partial charge < -0.3 is 9.84 Å². The highest BCUT2D eigenvalue weighted by Crippen LogP contribution is 2.36. The van der Waals surface area contributed by atoms with E-state index in [-0.39, 0.29) is 6.61 Å². The lowest BCUT2D eigenvalue weighted by Gasteiger charge is -2.16. The minimum Gasteiger partial charge on any atom is -0.457 e. The third kappa shape index (κ3) is 3.52. The molecule has 0 amide bonds. The molecule has 0 radical (unpaired) electrons. The van der Waals surface area contributed by atoms with Gasteiger partial charge in [0.05, 0.1) is 6.61 Å². The highest BCUT2D eigenvalue weighted by atomic mass is 35.5. The molecule has 0 atom stereocenters. The van der Waals surface area contributed by atoms with Crippen LogP contribution in [0.4, 0.5) is 0 Å². The quantitative estimate of drug-likeness (QED) is 0.780. The van der Waals surface area contributed by atoms with Crippen molar-refractivity contribution in [1.29, 1.82) is 0 Å². The Morgan fingerprint density at radius 3 is 2.43 bits per heavy atom. The lowest BCUT2D eigenvalue weighted by atomic mass is 10.0. The van der Waals surface area contributed by atoms with Gasteiger partial charge in [-0.25, -0.2) is 0 Å². The topological polar surface area (TPSA) is 29.5 Å². The molecule has 0 spiro atoms. The van der Waals surface area contributed by atoms with E-state index in [0.717, 1.165) is 21.9 Å². The summed E-state index contributed by atoms with van der Waals surface area (Å²) >= 11 is 12.3. The zero-order valence-corrected chi connectivity index (χ0v) is 13.8. The van der Waals surface area contributed by atoms with Crippen molar-refractivity contribution in [3.8, 4) is 11.5 Å². The van der Waals surface area contributed by atoms with Crippen LogP contribution in [0.2, 0.25) is 10.0 Å². The Morgan fingerprint density at radius 2 is 1.81 bits per heavy atom. The number of hydrogen-bond donors (Lipinski definition) is 1. The fraction of sp³-hybridized carbons (Fsp3) is 0.294. The monoisotopic (exact) mass is 324 g/mol. The maximum atomic E-state index is 9.45. The van der Waals surface area contributed by atoms with E-state index < -0.39 is 0 Å². The molecule has 112 valence electrons. The van der Waals surface area contributed by atoms with E-state index >= 15 is 0 Å². The highest BCUT2D eigenvalue weighted by Gasteiger charge is 2.13.